The van der Waals surface area contributed by atoms with E-state index in [0.29, 0.717) is 10.2 Å². The molecule has 0 aliphatic carbocycles. The second-order valence-electron chi connectivity index (χ2n) is 2.21. The summed E-state index contributed by atoms with van der Waals surface area (Å²) < 4.78 is 0.369. The van der Waals surface area contributed by atoms with E-state index in [1.807, 2.05) is 36.4 Å². The third kappa shape index (κ3) is 1.86. The Balaban J connectivity index is 3.11. The molecule has 0 saturated heterocycles. The van der Waals surface area contributed by atoms with Gasteiger partial charge in [0.2, 0.25) is 0 Å². The molecular weight excluding hydrogens is 216 g/mol. The van der Waals surface area contributed by atoms with Gasteiger partial charge in [-0.15, -0.1) is 0 Å². The van der Waals surface area contributed by atoms with Crippen molar-refractivity contribution < 1.29 is 0 Å². The Hall–Kier alpha value is -1.27. The first-order valence-electron chi connectivity index (χ1n) is 3.36. The monoisotopic (exact) mass is 222 g/mol. The van der Waals surface area contributed by atoms with Crippen molar-refractivity contribution in [1.82, 2.24) is 0 Å². The fourth-order valence-corrected chi connectivity index (χ4v) is 1.03. The number of benzene rings is 1. The van der Waals surface area contributed by atoms with E-state index in [2.05, 4.69) is 15.9 Å². The summed E-state index contributed by atoms with van der Waals surface area (Å²) in [4.78, 5) is 0. The van der Waals surface area contributed by atoms with Gasteiger partial charge in [0.1, 0.15) is 10.6 Å². The van der Waals surface area contributed by atoms with Gasteiger partial charge in [0.25, 0.3) is 0 Å². The molecule has 0 saturated carbocycles. The molecule has 0 bridgehead atoms. The molecule has 0 heterocycles. The molecule has 3 heteroatoms. The number of hydrogen-bond donors (Lipinski definition) is 1. The first kappa shape index (κ1) is 8.82. The molecule has 0 atom stereocenters. The number of nitriles is 1. The maximum Gasteiger partial charge on any atom is 0.118 e. The Kier molecular flexibility index (Phi) is 2.89. The predicted octanol–water partition coefficient (Wildman–Crippen LogP) is 2.23. The highest BCUT2D eigenvalue weighted by Crippen LogP contribution is 2.16. The van der Waals surface area contributed by atoms with Crippen molar-refractivity contribution in [2.75, 3.05) is 0 Å². The van der Waals surface area contributed by atoms with Crippen LogP contribution in [0.4, 0.5) is 0 Å². The molecular formula is C9H7BrN2. The second kappa shape index (κ2) is 3.93. The predicted molar refractivity (Wildman–Crippen MR) is 52.1 cm³/mol. The lowest BCUT2D eigenvalue weighted by Gasteiger charge is -1.99. The van der Waals surface area contributed by atoms with Crippen LogP contribution < -0.4 is 5.73 Å². The molecule has 0 radical (unpaired) electrons. The number of nitrogens with two attached hydrogens (primary N) is 1. The average Bonchev–Trinajstić information content (AvgIpc) is 2.17. The van der Waals surface area contributed by atoms with Crippen LogP contribution >= 0.6 is 15.9 Å². The van der Waals surface area contributed by atoms with E-state index in [0.717, 1.165) is 5.56 Å². The van der Waals surface area contributed by atoms with Crippen LogP contribution in [-0.2, 0) is 0 Å². The average molecular weight is 223 g/mol. The van der Waals surface area contributed by atoms with Crippen molar-refractivity contribution in [2.45, 2.75) is 0 Å². The van der Waals surface area contributed by atoms with Gasteiger partial charge in [0, 0.05) is 0 Å². The normalized spacial score (nSPS) is 11.7. The summed E-state index contributed by atoms with van der Waals surface area (Å²) in [5, 5.41) is 8.53. The molecule has 0 fully saturated rings. The van der Waals surface area contributed by atoms with Crippen LogP contribution in [0.2, 0.25) is 0 Å². The fourth-order valence-electron chi connectivity index (χ4n) is 0.805. The van der Waals surface area contributed by atoms with Crippen molar-refractivity contribution in [3.63, 3.8) is 0 Å². The molecule has 60 valence electrons. The summed E-state index contributed by atoms with van der Waals surface area (Å²) >= 11 is 3.07. The van der Waals surface area contributed by atoms with E-state index in [9.17, 15) is 0 Å². The smallest absolute Gasteiger partial charge is 0.118 e. The molecule has 2 nitrogen and oxygen atoms in total. The molecule has 2 N–H and O–H groups in total. The van der Waals surface area contributed by atoms with Crippen LogP contribution in [0.5, 0.6) is 0 Å². The fraction of sp³-hybridized carbons (Fsp3) is 0. The topological polar surface area (TPSA) is 49.8 Å². The van der Waals surface area contributed by atoms with Crippen LogP contribution in [0.25, 0.3) is 5.70 Å². The third-order valence-corrected chi connectivity index (χ3v) is 2.02. The summed E-state index contributed by atoms with van der Waals surface area (Å²) in [5.41, 5.74) is 6.98. The van der Waals surface area contributed by atoms with Gasteiger partial charge in [-0.1, -0.05) is 30.3 Å². The maximum atomic E-state index is 8.53. The Morgan fingerprint density at radius 1 is 1.33 bits per heavy atom. The largest absolute Gasteiger partial charge is 0.397 e. The van der Waals surface area contributed by atoms with Gasteiger partial charge in [-0.05, 0) is 21.5 Å². The quantitative estimate of drug-likeness (QED) is 0.742. The lowest BCUT2D eigenvalue weighted by atomic mass is 10.1. The zero-order valence-corrected chi connectivity index (χ0v) is 7.88. The summed E-state index contributed by atoms with van der Waals surface area (Å²) in [5.74, 6) is 0. The van der Waals surface area contributed by atoms with Gasteiger partial charge < -0.3 is 5.73 Å². The lowest BCUT2D eigenvalue weighted by Crippen LogP contribution is -1.97. The summed E-state index contributed by atoms with van der Waals surface area (Å²) in [6.45, 7) is 0. The van der Waals surface area contributed by atoms with Crippen LogP contribution in [0.15, 0.2) is 34.8 Å². The molecule has 0 spiro atoms. The summed E-state index contributed by atoms with van der Waals surface area (Å²) in [6.07, 6.45) is 0. The van der Waals surface area contributed by atoms with E-state index in [-0.39, 0.29) is 0 Å². The number of halogens is 1. The maximum absolute atomic E-state index is 8.53. The van der Waals surface area contributed by atoms with E-state index in [1.54, 1.807) is 0 Å². The van der Waals surface area contributed by atoms with Crippen LogP contribution in [0.1, 0.15) is 5.56 Å². The molecule has 1 aromatic rings. The van der Waals surface area contributed by atoms with E-state index < -0.39 is 0 Å². The minimum atomic E-state index is 0.369. The molecule has 0 unspecified atom stereocenters. The number of rotatable bonds is 1. The van der Waals surface area contributed by atoms with E-state index >= 15 is 0 Å². The highest BCUT2D eigenvalue weighted by Gasteiger charge is 1.99. The van der Waals surface area contributed by atoms with Gasteiger partial charge in [0.15, 0.2) is 0 Å². The molecule has 0 aliphatic rings. The van der Waals surface area contributed by atoms with E-state index in [4.69, 9.17) is 11.0 Å². The number of hydrogen-bond acceptors (Lipinski definition) is 2. The van der Waals surface area contributed by atoms with Crippen molar-refractivity contribution >= 4 is 21.6 Å². The van der Waals surface area contributed by atoms with Crippen molar-refractivity contribution in [2.24, 2.45) is 5.73 Å². The van der Waals surface area contributed by atoms with Gasteiger partial charge in [-0.2, -0.15) is 5.26 Å². The van der Waals surface area contributed by atoms with Crippen LogP contribution in [-0.4, -0.2) is 0 Å². The minimum absolute atomic E-state index is 0.369. The van der Waals surface area contributed by atoms with Gasteiger partial charge in [-0.25, -0.2) is 0 Å². The Labute approximate surface area is 79.4 Å². The molecule has 0 amide bonds. The molecule has 1 aromatic carbocycles. The van der Waals surface area contributed by atoms with Crippen molar-refractivity contribution in [3.05, 3.63) is 40.4 Å². The van der Waals surface area contributed by atoms with Crippen molar-refractivity contribution in [3.8, 4) is 6.07 Å². The first-order valence-corrected chi connectivity index (χ1v) is 4.15. The van der Waals surface area contributed by atoms with Gasteiger partial charge in [-0.3, -0.25) is 0 Å². The van der Waals surface area contributed by atoms with Crippen molar-refractivity contribution in [1.29, 1.82) is 5.26 Å². The molecule has 0 aliphatic heterocycles. The highest BCUT2D eigenvalue weighted by atomic mass is 79.9. The standard InChI is InChI=1S/C9H7BrN2/c10-8(6-11)9(12)7-4-2-1-3-5-7/h1-5H,12H2/b9-8-. The number of nitrogens with zero attached hydrogens (tertiary/aromatic N) is 1. The van der Waals surface area contributed by atoms with Crippen LogP contribution in [0, 0.1) is 11.3 Å². The zero-order chi connectivity index (χ0) is 8.97. The summed E-state index contributed by atoms with van der Waals surface area (Å²) in [6, 6.07) is 11.3. The zero-order valence-electron chi connectivity index (χ0n) is 6.29. The molecule has 0 aromatic heterocycles. The minimum Gasteiger partial charge on any atom is -0.397 e. The number of allylic oxidation sites excluding steroid dienone is 1. The Morgan fingerprint density at radius 3 is 2.42 bits per heavy atom. The Bertz CT molecular complexity index is 335. The van der Waals surface area contributed by atoms with Gasteiger partial charge >= 0.3 is 0 Å². The van der Waals surface area contributed by atoms with Crippen LogP contribution in [0.3, 0.4) is 0 Å². The summed E-state index contributed by atoms with van der Waals surface area (Å²) in [7, 11) is 0. The molecule has 12 heavy (non-hydrogen) atoms. The van der Waals surface area contributed by atoms with E-state index in [1.165, 1.54) is 0 Å². The van der Waals surface area contributed by atoms with Gasteiger partial charge in [0.05, 0.1) is 5.70 Å². The first-order chi connectivity index (χ1) is 5.75. The SMILES string of the molecule is N#C/C(Br)=C(/N)c1ccccc1. The lowest BCUT2D eigenvalue weighted by molar-refractivity contribution is 1.48. The second-order valence-corrected chi connectivity index (χ2v) is 3.00. The third-order valence-electron chi connectivity index (χ3n) is 1.42. The molecule has 1 rings (SSSR count). The Morgan fingerprint density at radius 2 is 1.92 bits per heavy atom. The highest BCUT2D eigenvalue weighted by molar-refractivity contribution is 9.12.